The lowest BCUT2D eigenvalue weighted by atomic mass is 10.2. The minimum Gasteiger partial charge on any atom is -0.508 e. The summed E-state index contributed by atoms with van der Waals surface area (Å²) >= 11 is 0. The topological polar surface area (TPSA) is 35.5 Å². The van der Waals surface area contributed by atoms with Gasteiger partial charge in [0.15, 0.2) is 0 Å². The van der Waals surface area contributed by atoms with Gasteiger partial charge in [-0.15, -0.1) is 0 Å². The van der Waals surface area contributed by atoms with Crippen molar-refractivity contribution < 1.29 is 5.11 Å². The van der Waals surface area contributed by atoms with Gasteiger partial charge in [-0.05, 0) is 44.7 Å². The lowest BCUT2D eigenvalue weighted by molar-refractivity contribution is 0.330. The summed E-state index contributed by atoms with van der Waals surface area (Å²) in [5.41, 5.74) is 1.08. The van der Waals surface area contributed by atoms with Crippen LogP contribution in [0.15, 0.2) is 24.3 Å². The fraction of sp³-hybridized carbons (Fsp3) is 0.500. The maximum Gasteiger partial charge on any atom is 0.115 e. The Morgan fingerprint density at radius 3 is 2.53 bits per heavy atom. The Morgan fingerprint density at radius 2 is 2.00 bits per heavy atom. The highest BCUT2D eigenvalue weighted by atomic mass is 16.3. The van der Waals surface area contributed by atoms with Gasteiger partial charge in [0, 0.05) is 24.3 Å². The number of phenolic OH excluding ortho intramolecular Hbond substituents is 1. The molecular formula is C12H18N2O. The largest absolute Gasteiger partial charge is 0.508 e. The molecule has 1 aliphatic heterocycles. The molecule has 2 N–H and O–H groups in total. The predicted molar refractivity (Wildman–Crippen MR) is 62.2 cm³/mol. The summed E-state index contributed by atoms with van der Waals surface area (Å²) in [5, 5.41) is 12.6. The maximum atomic E-state index is 9.17. The van der Waals surface area contributed by atoms with Gasteiger partial charge in [-0.2, -0.15) is 0 Å². The Labute approximate surface area is 90.7 Å². The molecule has 3 nitrogen and oxygen atoms in total. The number of likely N-dealkylation sites (N-methyl/N-ethyl adjacent to an activating group) is 1. The van der Waals surface area contributed by atoms with Crippen molar-refractivity contribution in [2.75, 3.05) is 18.9 Å². The zero-order valence-electron chi connectivity index (χ0n) is 9.27. The zero-order chi connectivity index (χ0) is 10.8. The van der Waals surface area contributed by atoms with E-state index in [-0.39, 0.29) is 0 Å². The molecule has 1 fully saturated rings. The van der Waals surface area contributed by atoms with E-state index in [4.69, 9.17) is 5.11 Å². The Hall–Kier alpha value is -1.22. The Kier molecular flexibility index (Phi) is 2.82. The Balaban J connectivity index is 1.95. The van der Waals surface area contributed by atoms with Crippen molar-refractivity contribution >= 4 is 5.69 Å². The van der Waals surface area contributed by atoms with Crippen LogP contribution in [0.3, 0.4) is 0 Å². The van der Waals surface area contributed by atoms with Crippen LogP contribution < -0.4 is 5.32 Å². The summed E-state index contributed by atoms with van der Waals surface area (Å²) in [6, 6.07) is 8.43. The molecule has 1 aromatic rings. The number of phenols is 1. The van der Waals surface area contributed by atoms with Gasteiger partial charge >= 0.3 is 0 Å². The lowest BCUT2D eigenvalue weighted by Crippen LogP contribution is -2.24. The molecule has 1 heterocycles. The number of hydrogen-bond donors (Lipinski definition) is 2. The van der Waals surface area contributed by atoms with Gasteiger partial charge in [0.05, 0.1) is 0 Å². The third-order valence-corrected chi connectivity index (χ3v) is 3.12. The van der Waals surface area contributed by atoms with E-state index in [1.165, 1.54) is 6.42 Å². The highest BCUT2D eigenvalue weighted by Gasteiger charge is 2.25. The average molecular weight is 206 g/mol. The molecule has 3 heteroatoms. The maximum absolute atomic E-state index is 9.17. The van der Waals surface area contributed by atoms with Gasteiger partial charge in [-0.25, -0.2) is 0 Å². The summed E-state index contributed by atoms with van der Waals surface area (Å²) in [4.78, 5) is 2.36. The Morgan fingerprint density at radius 1 is 1.33 bits per heavy atom. The lowest BCUT2D eigenvalue weighted by Gasteiger charge is -2.14. The molecule has 2 rings (SSSR count). The minimum absolute atomic E-state index is 0.317. The van der Waals surface area contributed by atoms with E-state index in [2.05, 4.69) is 24.2 Å². The molecule has 0 spiro atoms. The molecule has 0 radical (unpaired) electrons. The van der Waals surface area contributed by atoms with Crippen molar-refractivity contribution in [2.24, 2.45) is 0 Å². The molecule has 82 valence electrons. The van der Waals surface area contributed by atoms with Crippen molar-refractivity contribution in [1.29, 1.82) is 0 Å². The van der Waals surface area contributed by atoms with E-state index in [9.17, 15) is 0 Å². The van der Waals surface area contributed by atoms with Crippen LogP contribution >= 0.6 is 0 Å². The van der Waals surface area contributed by atoms with Crippen LogP contribution in [0.25, 0.3) is 0 Å². The third kappa shape index (κ3) is 2.42. The van der Waals surface area contributed by atoms with Crippen LogP contribution in [0.5, 0.6) is 5.75 Å². The van der Waals surface area contributed by atoms with Crippen LogP contribution in [0.2, 0.25) is 0 Å². The molecule has 0 amide bonds. The van der Waals surface area contributed by atoms with Crippen LogP contribution in [0.1, 0.15) is 13.3 Å². The number of benzene rings is 1. The molecule has 2 unspecified atom stereocenters. The van der Waals surface area contributed by atoms with Gasteiger partial charge in [-0.3, -0.25) is 0 Å². The smallest absolute Gasteiger partial charge is 0.115 e. The summed E-state index contributed by atoms with van der Waals surface area (Å²) in [7, 11) is 2.16. The first-order valence-electron chi connectivity index (χ1n) is 5.41. The second-order valence-corrected chi connectivity index (χ2v) is 4.41. The average Bonchev–Trinajstić information content (AvgIpc) is 2.50. The first kappa shape index (κ1) is 10.3. The van der Waals surface area contributed by atoms with Crippen molar-refractivity contribution in [3.05, 3.63) is 24.3 Å². The number of aromatic hydroxyl groups is 1. The highest BCUT2D eigenvalue weighted by molar-refractivity contribution is 5.47. The fourth-order valence-corrected chi connectivity index (χ4v) is 2.09. The SMILES string of the molecule is CC1CC(Nc2ccc(O)cc2)CN1C. The Bertz CT molecular complexity index is 313. The first-order valence-corrected chi connectivity index (χ1v) is 5.41. The van der Waals surface area contributed by atoms with Gasteiger partial charge in [-0.1, -0.05) is 0 Å². The highest BCUT2D eigenvalue weighted by Crippen LogP contribution is 2.20. The van der Waals surface area contributed by atoms with Gasteiger partial charge in [0.2, 0.25) is 0 Å². The number of rotatable bonds is 2. The molecule has 1 aromatic carbocycles. The zero-order valence-corrected chi connectivity index (χ0v) is 9.27. The predicted octanol–water partition coefficient (Wildman–Crippen LogP) is 1.90. The molecule has 0 aliphatic carbocycles. The van der Waals surface area contributed by atoms with Crippen LogP contribution in [0.4, 0.5) is 5.69 Å². The molecule has 0 saturated carbocycles. The first-order chi connectivity index (χ1) is 7.15. The molecule has 15 heavy (non-hydrogen) atoms. The minimum atomic E-state index is 0.317. The fourth-order valence-electron chi connectivity index (χ4n) is 2.09. The van der Waals surface area contributed by atoms with Gasteiger partial charge < -0.3 is 15.3 Å². The molecular weight excluding hydrogens is 188 g/mol. The van der Waals surface area contributed by atoms with Crippen molar-refractivity contribution in [3.63, 3.8) is 0 Å². The van der Waals surface area contributed by atoms with E-state index in [1.54, 1.807) is 12.1 Å². The summed E-state index contributed by atoms with van der Waals surface area (Å²) in [6.07, 6.45) is 1.18. The second-order valence-electron chi connectivity index (χ2n) is 4.41. The standard InChI is InChI=1S/C12H18N2O/c1-9-7-11(8-14(9)2)13-10-3-5-12(15)6-4-10/h3-6,9,11,13,15H,7-8H2,1-2H3. The number of nitrogens with zero attached hydrogens (tertiary/aromatic N) is 1. The van der Waals surface area contributed by atoms with Crippen LogP contribution in [0, 0.1) is 0 Å². The van der Waals surface area contributed by atoms with Crippen LogP contribution in [-0.4, -0.2) is 35.7 Å². The van der Waals surface area contributed by atoms with E-state index in [1.807, 2.05) is 12.1 Å². The number of hydrogen-bond acceptors (Lipinski definition) is 3. The van der Waals surface area contributed by atoms with Crippen molar-refractivity contribution in [2.45, 2.75) is 25.4 Å². The van der Waals surface area contributed by atoms with Gasteiger partial charge in [0.1, 0.15) is 5.75 Å². The van der Waals surface area contributed by atoms with Gasteiger partial charge in [0.25, 0.3) is 0 Å². The quantitative estimate of drug-likeness (QED) is 0.725. The van der Waals surface area contributed by atoms with Crippen molar-refractivity contribution in [1.82, 2.24) is 4.90 Å². The summed E-state index contributed by atoms with van der Waals surface area (Å²) in [6.45, 7) is 3.33. The number of likely N-dealkylation sites (tertiary alicyclic amines) is 1. The second kappa shape index (κ2) is 4.11. The van der Waals surface area contributed by atoms with E-state index >= 15 is 0 Å². The summed E-state index contributed by atoms with van der Waals surface area (Å²) in [5.74, 6) is 0.317. The third-order valence-electron chi connectivity index (χ3n) is 3.12. The summed E-state index contributed by atoms with van der Waals surface area (Å²) < 4.78 is 0. The van der Waals surface area contributed by atoms with E-state index < -0.39 is 0 Å². The van der Waals surface area contributed by atoms with Crippen molar-refractivity contribution in [3.8, 4) is 5.75 Å². The normalized spacial score (nSPS) is 26.8. The monoisotopic (exact) mass is 206 g/mol. The van der Waals surface area contributed by atoms with Crippen LogP contribution in [-0.2, 0) is 0 Å². The number of anilines is 1. The molecule has 1 saturated heterocycles. The number of nitrogens with one attached hydrogen (secondary N) is 1. The molecule has 0 aromatic heterocycles. The van der Waals surface area contributed by atoms with E-state index in [0.29, 0.717) is 17.8 Å². The molecule has 2 atom stereocenters. The van der Waals surface area contributed by atoms with E-state index in [0.717, 1.165) is 12.2 Å². The molecule has 1 aliphatic rings. The molecule has 0 bridgehead atoms.